The highest BCUT2D eigenvalue weighted by molar-refractivity contribution is 6.36. The van der Waals surface area contributed by atoms with Gasteiger partial charge in [0.1, 0.15) is 11.5 Å². The number of fused-ring (bicyclic) bond motifs is 3. The number of hydrogen-bond acceptors (Lipinski definition) is 3. The topological polar surface area (TPSA) is 30.5 Å². The lowest BCUT2D eigenvalue weighted by Crippen LogP contribution is -2.30. The van der Waals surface area contributed by atoms with E-state index in [1.165, 1.54) is 0 Å². The van der Waals surface area contributed by atoms with Gasteiger partial charge in [0.25, 0.3) is 0 Å². The van der Waals surface area contributed by atoms with Gasteiger partial charge in [0, 0.05) is 27.1 Å². The molecule has 130 valence electrons. The van der Waals surface area contributed by atoms with Crippen LogP contribution in [0, 0.1) is 5.92 Å². The van der Waals surface area contributed by atoms with Crippen molar-refractivity contribution >= 4 is 28.9 Å². The Balaban J connectivity index is 1.91. The Morgan fingerprint density at radius 3 is 2.32 bits per heavy atom. The Morgan fingerprint density at radius 2 is 1.64 bits per heavy atom. The summed E-state index contributed by atoms with van der Waals surface area (Å²) in [6, 6.07) is 9.55. The van der Waals surface area contributed by atoms with Crippen molar-refractivity contribution in [2.24, 2.45) is 5.92 Å². The molecule has 0 amide bonds. The van der Waals surface area contributed by atoms with E-state index in [0.717, 1.165) is 34.7 Å². The lowest BCUT2D eigenvalue weighted by atomic mass is 9.76. The third kappa shape index (κ3) is 2.57. The standard InChI is InChI=1S/C20H19Cl2NO2/c1-24-15-9-10-16(25-2)20-17(15)11-5-3-6-12(11)19(23-20)18-13(21)7-4-8-14(18)22/h3-5,7-12,19,23H,6H2,1-2H3. The van der Waals surface area contributed by atoms with Crippen LogP contribution in [0.1, 0.15) is 29.5 Å². The van der Waals surface area contributed by atoms with E-state index in [0.29, 0.717) is 16.0 Å². The highest BCUT2D eigenvalue weighted by Gasteiger charge is 2.42. The molecule has 4 rings (SSSR count). The molecule has 3 unspecified atom stereocenters. The number of nitrogens with one attached hydrogen (secondary N) is 1. The summed E-state index contributed by atoms with van der Waals surface area (Å²) in [6.45, 7) is 0. The van der Waals surface area contributed by atoms with Gasteiger partial charge in [-0.1, -0.05) is 41.4 Å². The summed E-state index contributed by atoms with van der Waals surface area (Å²) in [6.07, 6.45) is 5.44. The van der Waals surface area contributed by atoms with Crippen molar-refractivity contribution in [3.05, 3.63) is 63.7 Å². The van der Waals surface area contributed by atoms with Gasteiger partial charge in [0.05, 0.1) is 25.9 Å². The maximum atomic E-state index is 6.51. The van der Waals surface area contributed by atoms with E-state index in [9.17, 15) is 0 Å². The van der Waals surface area contributed by atoms with Crippen LogP contribution < -0.4 is 14.8 Å². The van der Waals surface area contributed by atoms with Gasteiger partial charge in [-0.05, 0) is 36.6 Å². The Morgan fingerprint density at radius 1 is 0.960 bits per heavy atom. The van der Waals surface area contributed by atoms with Crippen LogP contribution >= 0.6 is 23.2 Å². The number of benzene rings is 2. The molecule has 0 bridgehead atoms. The van der Waals surface area contributed by atoms with Crippen LogP contribution in [0.15, 0.2) is 42.5 Å². The second-order valence-electron chi connectivity index (χ2n) is 6.37. The van der Waals surface area contributed by atoms with Crippen molar-refractivity contribution in [1.29, 1.82) is 0 Å². The number of rotatable bonds is 3. The smallest absolute Gasteiger partial charge is 0.142 e. The van der Waals surface area contributed by atoms with Crippen molar-refractivity contribution < 1.29 is 9.47 Å². The molecular formula is C20H19Cl2NO2. The number of halogens is 2. The Bertz CT molecular complexity index is 830. The molecule has 0 saturated heterocycles. The zero-order chi connectivity index (χ0) is 17.6. The summed E-state index contributed by atoms with van der Waals surface area (Å²) in [5.41, 5.74) is 3.04. The highest BCUT2D eigenvalue weighted by Crippen LogP contribution is 2.56. The van der Waals surface area contributed by atoms with Gasteiger partial charge in [-0.2, -0.15) is 0 Å². The largest absolute Gasteiger partial charge is 0.496 e. The predicted molar refractivity (Wildman–Crippen MR) is 102 cm³/mol. The van der Waals surface area contributed by atoms with Crippen LogP contribution in [0.4, 0.5) is 5.69 Å². The molecule has 2 aromatic carbocycles. The van der Waals surface area contributed by atoms with Gasteiger partial charge < -0.3 is 14.8 Å². The van der Waals surface area contributed by atoms with Crippen LogP contribution in [-0.4, -0.2) is 14.2 Å². The van der Waals surface area contributed by atoms with Crippen LogP contribution in [0.5, 0.6) is 11.5 Å². The molecule has 1 heterocycles. The third-order valence-corrected chi connectivity index (χ3v) is 5.85. The molecule has 25 heavy (non-hydrogen) atoms. The zero-order valence-corrected chi connectivity index (χ0v) is 15.6. The summed E-state index contributed by atoms with van der Waals surface area (Å²) >= 11 is 13.0. The first-order valence-electron chi connectivity index (χ1n) is 8.27. The summed E-state index contributed by atoms with van der Waals surface area (Å²) in [5.74, 6) is 2.22. The lowest BCUT2D eigenvalue weighted by Gasteiger charge is -2.39. The number of allylic oxidation sites excluding steroid dienone is 2. The van der Waals surface area contributed by atoms with Crippen LogP contribution in [-0.2, 0) is 0 Å². The second-order valence-corrected chi connectivity index (χ2v) is 7.18. The van der Waals surface area contributed by atoms with E-state index in [1.807, 2.05) is 30.3 Å². The first kappa shape index (κ1) is 16.6. The molecule has 3 atom stereocenters. The second kappa shape index (κ2) is 6.47. The Hall–Kier alpha value is -1.84. The normalized spacial score (nSPS) is 23.6. The zero-order valence-electron chi connectivity index (χ0n) is 14.1. The van der Waals surface area contributed by atoms with Crippen molar-refractivity contribution in [2.75, 3.05) is 19.5 Å². The van der Waals surface area contributed by atoms with Crippen molar-refractivity contribution in [2.45, 2.75) is 18.4 Å². The molecule has 1 N–H and O–H groups in total. The molecule has 3 nitrogen and oxygen atoms in total. The van der Waals surface area contributed by atoms with Gasteiger partial charge in [0.2, 0.25) is 0 Å². The van der Waals surface area contributed by atoms with E-state index in [4.69, 9.17) is 32.7 Å². The fourth-order valence-corrected chi connectivity index (χ4v) is 4.72. The van der Waals surface area contributed by atoms with Crippen molar-refractivity contribution in [1.82, 2.24) is 0 Å². The van der Waals surface area contributed by atoms with Gasteiger partial charge in [-0.25, -0.2) is 0 Å². The lowest BCUT2D eigenvalue weighted by molar-refractivity contribution is 0.371. The molecule has 1 aliphatic heterocycles. The highest BCUT2D eigenvalue weighted by atomic mass is 35.5. The minimum absolute atomic E-state index is 0.00899. The van der Waals surface area contributed by atoms with Gasteiger partial charge in [-0.15, -0.1) is 0 Å². The SMILES string of the molecule is COc1ccc(OC)c2c1NC(c1c(Cl)cccc1Cl)C1CC=CC21. The molecule has 1 aliphatic carbocycles. The quantitative estimate of drug-likeness (QED) is 0.683. The summed E-state index contributed by atoms with van der Waals surface area (Å²) in [5, 5.41) is 5.01. The number of ether oxygens (including phenoxy) is 2. The first-order valence-corrected chi connectivity index (χ1v) is 9.03. The maximum Gasteiger partial charge on any atom is 0.142 e. The molecule has 2 aliphatic rings. The summed E-state index contributed by atoms with van der Waals surface area (Å²) in [7, 11) is 3.38. The first-order chi connectivity index (χ1) is 12.2. The molecular weight excluding hydrogens is 357 g/mol. The van der Waals surface area contributed by atoms with Crippen LogP contribution in [0.3, 0.4) is 0 Å². The minimum Gasteiger partial charge on any atom is -0.496 e. The fraction of sp³-hybridized carbons (Fsp3) is 0.300. The summed E-state index contributed by atoms with van der Waals surface area (Å²) in [4.78, 5) is 0. The van der Waals surface area contributed by atoms with E-state index >= 15 is 0 Å². The average molecular weight is 376 g/mol. The third-order valence-electron chi connectivity index (χ3n) is 5.19. The number of methoxy groups -OCH3 is 2. The maximum absolute atomic E-state index is 6.51. The predicted octanol–water partition coefficient (Wildman–Crippen LogP) is 5.84. The van der Waals surface area contributed by atoms with E-state index in [2.05, 4.69) is 17.5 Å². The fourth-order valence-electron chi connectivity index (χ4n) is 4.09. The number of anilines is 1. The molecule has 5 heteroatoms. The molecule has 0 aromatic heterocycles. The molecule has 0 saturated carbocycles. The number of hydrogen-bond donors (Lipinski definition) is 1. The van der Waals surface area contributed by atoms with E-state index < -0.39 is 0 Å². The molecule has 2 aromatic rings. The minimum atomic E-state index is 0.00899. The van der Waals surface area contributed by atoms with Crippen LogP contribution in [0.25, 0.3) is 0 Å². The van der Waals surface area contributed by atoms with E-state index in [1.54, 1.807) is 14.2 Å². The Labute approximate surface area is 157 Å². The molecule has 0 fully saturated rings. The molecule has 0 radical (unpaired) electrons. The van der Waals surface area contributed by atoms with Crippen LogP contribution in [0.2, 0.25) is 10.0 Å². The average Bonchev–Trinajstić information content (AvgIpc) is 3.10. The van der Waals surface area contributed by atoms with E-state index in [-0.39, 0.29) is 12.0 Å². The van der Waals surface area contributed by atoms with Gasteiger partial charge in [-0.3, -0.25) is 0 Å². The Kier molecular flexibility index (Phi) is 4.30. The summed E-state index contributed by atoms with van der Waals surface area (Å²) < 4.78 is 11.2. The van der Waals surface area contributed by atoms with Crippen molar-refractivity contribution in [3.63, 3.8) is 0 Å². The van der Waals surface area contributed by atoms with Gasteiger partial charge >= 0.3 is 0 Å². The molecule has 0 spiro atoms. The monoisotopic (exact) mass is 375 g/mol. The van der Waals surface area contributed by atoms with Crippen molar-refractivity contribution in [3.8, 4) is 11.5 Å². The van der Waals surface area contributed by atoms with Gasteiger partial charge in [0.15, 0.2) is 0 Å².